The molecule has 1 aliphatic rings. The van der Waals surface area contributed by atoms with E-state index in [9.17, 15) is 4.39 Å². The lowest BCUT2D eigenvalue weighted by molar-refractivity contribution is 0.484. The lowest BCUT2D eigenvalue weighted by Gasteiger charge is -2.22. The third kappa shape index (κ3) is 4.47. The van der Waals surface area contributed by atoms with Gasteiger partial charge in [0.15, 0.2) is 5.96 Å². The number of aliphatic imine (C=N–C) groups is 1. The predicted octanol–water partition coefficient (Wildman–Crippen LogP) is 4.01. The Morgan fingerprint density at radius 3 is 2.58 bits per heavy atom. The molecule has 1 fully saturated rings. The second-order valence-electron chi connectivity index (χ2n) is 5.83. The molecule has 3 rings (SSSR count). The van der Waals surface area contributed by atoms with Crippen LogP contribution < -0.4 is 5.32 Å². The van der Waals surface area contributed by atoms with Crippen molar-refractivity contribution in [2.45, 2.75) is 18.9 Å². The molecule has 0 saturated carbocycles. The summed E-state index contributed by atoms with van der Waals surface area (Å²) in [7, 11) is 1.78. The number of hydrogen-bond acceptors (Lipinski definition) is 1. The number of nitrogens with one attached hydrogen (secondary N) is 1. The second kappa shape index (κ2) is 9.01. The van der Waals surface area contributed by atoms with Crippen molar-refractivity contribution in [1.29, 1.82) is 0 Å². The molecule has 3 nitrogen and oxygen atoms in total. The smallest absolute Gasteiger partial charge is 0.193 e. The number of likely N-dealkylation sites (tertiary alicyclic amines) is 1. The van der Waals surface area contributed by atoms with Gasteiger partial charge in [-0.25, -0.2) is 4.39 Å². The van der Waals surface area contributed by atoms with E-state index in [0.717, 1.165) is 25.5 Å². The normalized spacial score (nSPS) is 17.5. The van der Waals surface area contributed by atoms with Crippen LogP contribution in [0.3, 0.4) is 0 Å². The van der Waals surface area contributed by atoms with Crippen LogP contribution in [-0.4, -0.2) is 31.0 Å². The molecule has 0 aliphatic carbocycles. The average Bonchev–Trinajstić information content (AvgIpc) is 3.08. The summed E-state index contributed by atoms with van der Waals surface area (Å²) in [6.07, 6.45) is 1.12. The molecule has 1 N–H and O–H groups in total. The van der Waals surface area contributed by atoms with Gasteiger partial charge in [0, 0.05) is 38.2 Å². The number of halogens is 2. The molecule has 1 unspecified atom stereocenters. The van der Waals surface area contributed by atoms with Crippen LogP contribution >= 0.6 is 24.0 Å². The van der Waals surface area contributed by atoms with Crippen molar-refractivity contribution in [2.75, 3.05) is 20.1 Å². The molecule has 0 radical (unpaired) electrons. The average molecular weight is 439 g/mol. The highest BCUT2D eigenvalue weighted by Crippen LogP contribution is 2.26. The van der Waals surface area contributed by atoms with E-state index in [2.05, 4.69) is 39.5 Å². The maximum absolute atomic E-state index is 13.7. The van der Waals surface area contributed by atoms with Gasteiger partial charge in [0.2, 0.25) is 0 Å². The molecule has 0 spiro atoms. The minimum Gasteiger partial charge on any atom is -0.352 e. The van der Waals surface area contributed by atoms with Crippen LogP contribution in [0.2, 0.25) is 0 Å². The van der Waals surface area contributed by atoms with Crippen molar-refractivity contribution < 1.29 is 4.39 Å². The van der Waals surface area contributed by atoms with Gasteiger partial charge in [-0.15, -0.1) is 24.0 Å². The van der Waals surface area contributed by atoms with Gasteiger partial charge in [-0.3, -0.25) is 4.99 Å². The summed E-state index contributed by atoms with van der Waals surface area (Å²) in [5.74, 6) is 1.19. The quantitative estimate of drug-likeness (QED) is 0.445. The van der Waals surface area contributed by atoms with Gasteiger partial charge in [0.05, 0.1) is 0 Å². The van der Waals surface area contributed by atoms with Crippen molar-refractivity contribution in [3.8, 4) is 0 Å². The number of nitrogens with zero attached hydrogens (tertiary/aromatic N) is 2. The SMILES string of the molecule is CN=C(NCc1ccccc1F)N1CCC(c2ccccc2)C1.I. The molecular weight excluding hydrogens is 416 g/mol. The van der Waals surface area contributed by atoms with Crippen LogP contribution in [-0.2, 0) is 6.54 Å². The molecule has 0 amide bonds. The molecule has 5 heteroatoms. The fraction of sp³-hybridized carbons (Fsp3) is 0.316. The summed E-state index contributed by atoms with van der Waals surface area (Å²) in [6, 6.07) is 17.4. The maximum atomic E-state index is 13.7. The van der Waals surface area contributed by atoms with Crippen molar-refractivity contribution in [2.24, 2.45) is 4.99 Å². The van der Waals surface area contributed by atoms with E-state index in [4.69, 9.17) is 0 Å². The summed E-state index contributed by atoms with van der Waals surface area (Å²) in [6.45, 7) is 2.36. The molecule has 1 saturated heterocycles. The molecule has 0 bridgehead atoms. The Balaban J connectivity index is 0.00000208. The van der Waals surface area contributed by atoms with Gasteiger partial charge in [0.1, 0.15) is 5.82 Å². The Morgan fingerprint density at radius 2 is 1.88 bits per heavy atom. The summed E-state index contributed by atoms with van der Waals surface area (Å²) in [4.78, 5) is 6.60. The number of rotatable bonds is 3. The van der Waals surface area contributed by atoms with E-state index in [0.29, 0.717) is 18.0 Å². The Labute approximate surface area is 160 Å². The van der Waals surface area contributed by atoms with E-state index in [-0.39, 0.29) is 29.8 Å². The Hall–Kier alpha value is -1.63. The van der Waals surface area contributed by atoms with Crippen molar-refractivity contribution >= 4 is 29.9 Å². The van der Waals surface area contributed by atoms with Crippen molar-refractivity contribution in [3.63, 3.8) is 0 Å². The number of hydrogen-bond donors (Lipinski definition) is 1. The lowest BCUT2D eigenvalue weighted by Crippen LogP contribution is -2.39. The molecule has 24 heavy (non-hydrogen) atoms. The van der Waals surface area contributed by atoms with Crippen LogP contribution in [0.25, 0.3) is 0 Å². The van der Waals surface area contributed by atoms with Crippen LogP contribution in [0.4, 0.5) is 4.39 Å². The largest absolute Gasteiger partial charge is 0.352 e. The highest BCUT2D eigenvalue weighted by molar-refractivity contribution is 14.0. The zero-order chi connectivity index (χ0) is 16.1. The van der Waals surface area contributed by atoms with Crippen LogP contribution in [0.1, 0.15) is 23.5 Å². The summed E-state index contributed by atoms with van der Waals surface area (Å²) < 4.78 is 13.7. The monoisotopic (exact) mass is 439 g/mol. The van der Waals surface area contributed by atoms with Gasteiger partial charge in [-0.1, -0.05) is 48.5 Å². The predicted molar refractivity (Wildman–Crippen MR) is 107 cm³/mol. The fourth-order valence-electron chi connectivity index (χ4n) is 3.10. The van der Waals surface area contributed by atoms with E-state index < -0.39 is 0 Å². The zero-order valence-electron chi connectivity index (χ0n) is 13.8. The minimum absolute atomic E-state index is 0. The first kappa shape index (κ1) is 18.7. The van der Waals surface area contributed by atoms with Gasteiger partial charge in [0.25, 0.3) is 0 Å². The Morgan fingerprint density at radius 1 is 1.17 bits per heavy atom. The van der Waals surface area contributed by atoms with Gasteiger partial charge < -0.3 is 10.2 Å². The molecule has 1 aliphatic heterocycles. The highest BCUT2D eigenvalue weighted by Gasteiger charge is 2.25. The van der Waals surface area contributed by atoms with Crippen LogP contribution in [0.5, 0.6) is 0 Å². The summed E-state index contributed by atoms with van der Waals surface area (Å²) in [5, 5.41) is 3.28. The van der Waals surface area contributed by atoms with Crippen LogP contribution in [0, 0.1) is 5.82 Å². The van der Waals surface area contributed by atoms with E-state index >= 15 is 0 Å². The number of benzene rings is 2. The molecule has 1 heterocycles. The molecule has 0 aromatic heterocycles. The first-order valence-electron chi connectivity index (χ1n) is 8.02. The third-order valence-corrected chi connectivity index (χ3v) is 4.37. The molecule has 2 aromatic carbocycles. The maximum Gasteiger partial charge on any atom is 0.193 e. The Bertz CT molecular complexity index is 675. The van der Waals surface area contributed by atoms with E-state index in [1.165, 1.54) is 11.6 Å². The van der Waals surface area contributed by atoms with Gasteiger partial charge in [-0.05, 0) is 18.1 Å². The van der Waals surface area contributed by atoms with Crippen molar-refractivity contribution in [3.05, 3.63) is 71.5 Å². The molecule has 1 atom stereocenters. The van der Waals surface area contributed by atoms with Crippen molar-refractivity contribution in [1.82, 2.24) is 10.2 Å². The fourth-order valence-corrected chi connectivity index (χ4v) is 3.10. The van der Waals surface area contributed by atoms with Gasteiger partial charge >= 0.3 is 0 Å². The molecule has 128 valence electrons. The summed E-state index contributed by atoms with van der Waals surface area (Å²) >= 11 is 0. The topological polar surface area (TPSA) is 27.6 Å². The van der Waals surface area contributed by atoms with Crippen LogP contribution in [0.15, 0.2) is 59.6 Å². The lowest BCUT2D eigenvalue weighted by atomic mass is 9.99. The molecular formula is C19H23FIN3. The first-order chi connectivity index (χ1) is 11.3. The minimum atomic E-state index is -0.181. The third-order valence-electron chi connectivity index (χ3n) is 4.37. The van der Waals surface area contributed by atoms with E-state index in [1.54, 1.807) is 19.2 Å². The number of guanidine groups is 1. The summed E-state index contributed by atoms with van der Waals surface area (Å²) in [5.41, 5.74) is 2.03. The highest BCUT2D eigenvalue weighted by atomic mass is 127. The Kier molecular flexibility index (Phi) is 7.02. The molecule has 2 aromatic rings. The first-order valence-corrected chi connectivity index (χ1v) is 8.02. The van der Waals surface area contributed by atoms with E-state index in [1.807, 2.05) is 12.1 Å². The zero-order valence-corrected chi connectivity index (χ0v) is 16.1. The van der Waals surface area contributed by atoms with Gasteiger partial charge in [-0.2, -0.15) is 0 Å². The second-order valence-corrected chi connectivity index (χ2v) is 5.83. The standard InChI is InChI=1S/C19H22FN3.HI/c1-21-19(22-13-16-9-5-6-10-18(16)20)23-12-11-17(14-23)15-7-3-2-4-8-15;/h2-10,17H,11-14H2,1H3,(H,21,22);1H.